The molecule has 1 aromatic carbocycles. The van der Waals surface area contributed by atoms with Gasteiger partial charge in [0.2, 0.25) is 0 Å². The number of nitrogens with two attached hydrogens (primary N) is 1. The van der Waals surface area contributed by atoms with Crippen molar-refractivity contribution in [2.24, 2.45) is 5.73 Å². The second kappa shape index (κ2) is 4.88. The van der Waals surface area contributed by atoms with Crippen LogP contribution >= 0.6 is 0 Å². The molecular weight excluding hydrogens is 198 g/mol. The third-order valence-corrected chi connectivity index (χ3v) is 3.18. The number of para-hydroxylation sites is 1. The van der Waals surface area contributed by atoms with Crippen LogP contribution in [-0.2, 0) is 6.42 Å². The van der Waals surface area contributed by atoms with Crippen LogP contribution in [0.4, 0.5) is 0 Å². The fourth-order valence-electron chi connectivity index (χ4n) is 1.74. The Kier molecular flexibility index (Phi) is 3.49. The van der Waals surface area contributed by atoms with Gasteiger partial charge in [-0.05, 0) is 37.3 Å². The summed E-state index contributed by atoms with van der Waals surface area (Å²) in [4.78, 5) is 0. The Hall–Kier alpha value is -1.02. The minimum absolute atomic E-state index is 0.0299. The number of unbranched alkanes of at least 4 members (excludes halogenated alkanes) is 1. The van der Waals surface area contributed by atoms with Gasteiger partial charge >= 0.3 is 0 Å². The van der Waals surface area contributed by atoms with Crippen LogP contribution in [0.1, 0.15) is 38.2 Å². The molecule has 1 aromatic rings. The maximum Gasteiger partial charge on any atom is 0.122 e. The number of benzene rings is 1. The van der Waals surface area contributed by atoms with E-state index in [1.165, 1.54) is 18.4 Å². The van der Waals surface area contributed by atoms with Gasteiger partial charge in [0.25, 0.3) is 0 Å². The van der Waals surface area contributed by atoms with E-state index >= 15 is 0 Å². The third kappa shape index (κ3) is 2.99. The van der Waals surface area contributed by atoms with Gasteiger partial charge in [0.15, 0.2) is 0 Å². The maximum atomic E-state index is 6.02. The van der Waals surface area contributed by atoms with Crippen LogP contribution in [0, 0.1) is 0 Å². The molecule has 2 heteroatoms. The summed E-state index contributed by atoms with van der Waals surface area (Å²) in [6, 6.07) is 8.31. The predicted molar refractivity (Wildman–Crippen MR) is 66.7 cm³/mol. The van der Waals surface area contributed by atoms with E-state index in [1.807, 2.05) is 6.07 Å². The van der Waals surface area contributed by atoms with E-state index in [-0.39, 0.29) is 5.54 Å². The van der Waals surface area contributed by atoms with E-state index in [2.05, 4.69) is 25.1 Å². The molecule has 0 spiro atoms. The molecule has 2 N–H and O–H groups in total. The van der Waals surface area contributed by atoms with Crippen molar-refractivity contribution in [1.82, 2.24) is 0 Å². The minimum Gasteiger partial charge on any atom is -0.491 e. The van der Waals surface area contributed by atoms with Crippen LogP contribution in [0.3, 0.4) is 0 Å². The van der Waals surface area contributed by atoms with Gasteiger partial charge in [0.05, 0.1) is 5.54 Å². The van der Waals surface area contributed by atoms with Crippen molar-refractivity contribution in [2.45, 2.75) is 44.6 Å². The van der Waals surface area contributed by atoms with Crippen molar-refractivity contribution >= 4 is 0 Å². The molecule has 0 amide bonds. The molecule has 0 saturated heterocycles. The average molecular weight is 219 g/mol. The van der Waals surface area contributed by atoms with E-state index in [9.17, 15) is 0 Å². The van der Waals surface area contributed by atoms with Crippen LogP contribution in [0.15, 0.2) is 24.3 Å². The highest BCUT2D eigenvalue weighted by Gasteiger charge is 2.39. The predicted octanol–water partition coefficient (Wildman–Crippen LogP) is 2.90. The molecule has 0 aromatic heterocycles. The third-order valence-electron chi connectivity index (χ3n) is 3.18. The monoisotopic (exact) mass is 219 g/mol. The first kappa shape index (κ1) is 11.5. The molecule has 0 heterocycles. The van der Waals surface area contributed by atoms with Crippen molar-refractivity contribution in [2.75, 3.05) is 6.61 Å². The van der Waals surface area contributed by atoms with Crippen LogP contribution < -0.4 is 10.5 Å². The molecule has 2 nitrogen and oxygen atoms in total. The molecule has 0 bridgehead atoms. The van der Waals surface area contributed by atoms with Gasteiger partial charge in [-0.25, -0.2) is 0 Å². The molecule has 2 rings (SSSR count). The fourth-order valence-corrected chi connectivity index (χ4v) is 1.74. The van der Waals surface area contributed by atoms with Gasteiger partial charge in [0, 0.05) is 0 Å². The molecule has 1 saturated carbocycles. The van der Waals surface area contributed by atoms with E-state index in [1.54, 1.807) is 0 Å². The zero-order valence-corrected chi connectivity index (χ0v) is 10.0. The van der Waals surface area contributed by atoms with Crippen molar-refractivity contribution in [3.8, 4) is 5.75 Å². The second-order valence-corrected chi connectivity index (χ2v) is 4.86. The molecule has 0 aliphatic heterocycles. The summed E-state index contributed by atoms with van der Waals surface area (Å²) in [5, 5.41) is 0. The molecular formula is C14H21NO. The molecule has 1 fully saturated rings. The Morgan fingerprint density at radius 1 is 1.31 bits per heavy atom. The first-order chi connectivity index (χ1) is 7.73. The minimum atomic E-state index is -0.0299. The Labute approximate surface area is 97.8 Å². The topological polar surface area (TPSA) is 35.2 Å². The molecule has 88 valence electrons. The molecule has 0 unspecified atom stereocenters. The highest BCUT2D eigenvalue weighted by atomic mass is 16.5. The smallest absolute Gasteiger partial charge is 0.122 e. The van der Waals surface area contributed by atoms with Crippen LogP contribution in [0.25, 0.3) is 0 Å². The lowest BCUT2D eigenvalue weighted by Crippen LogP contribution is -2.29. The highest BCUT2D eigenvalue weighted by molar-refractivity contribution is 5.33. The van der Waals surface area contributed by atoms with E-state index < -0.39 is 0 Å². The summed E-state index contributed by atoms with van der Waals surface area (Å²) in [5.41, 5.74) is 7.30. The first-order valence-corrected chi connectivity index (χ1v) is 6.23. The summed E-state index contributed by atoms with van der Waals surface area (Å²) in [6.07, 6.45) is 5.74. The van der Waals surface area contributed by atoms with Gasteiger partial charge in [-0.15, -0.1) is 0 Å². The quantitative estimate of drug-likeness (QED) is 0.798. The summed E-state index contributed by atoms with van der Waals surface area (Å²) >= 11 is 0. The lowest BCUT2D eigenvalue weighted by atomic mass is 10.1. The number of aryl methyl sites for hydroxylation is 1. The van der Waals surface area contributed by atoms with Gasteiger partial charge in [-0.2, -0.15) is 0 Å². The Morgan fingerprint density at radius 2 is 2.06 bits per heavy atom. The lowest BCUT2D eigenvalue weighted by molar-refractivity contribution is 0.276. The van der Waals surface area contributed by atoms with Crippen molar-refractivity contribution in [1.29, 1.82) is 0 Å². The Bertz CT molecular complexity index is 344. The normalized spacial score (nSPS) is 17.1. The largest absolute Gasteiger partial charge is 0.491 e. The summed E-state index contributed by atoms with van der Waals surface area (Å²) in [6.45, 7) is 2.87. The summed E-state index contributed by atoms with van der Waals surface area (Å²) in [7, 11) is 0. The van der Waals surface area contributed by atoms with Crippen molar-refractivity contribution in [3.63, 3.8) is 0 Å². The SMILES string of the molecule is CCCCc1ccccc1OCC1(N)CC1. The fraction of sp³-hybridized carbons (Fsp3) is 0.571. The standard InChI is InChI=1S/C14H21NO/c1-2-3-6-12-7-4-5-8-13(12)16-11-14(15)9-10-14/h4-5,7-8H,2-3,6,9-11,15H2,1H3. The average Bonchev–Trinajstić information content (AvgIpc) is 3.04. The molecule has 1 aliphatic rings. The number of ether oxygens (including phenoxy) is 1. The van der Waals surface area contributed by atoms with E-state index in [4.69, 9.17) is 10.5 Å². The molecule has 16 heavy (non-hydrogen) atoms. The second-order valence-electron chi connectivity index (χ2n) is 4.86. The highest BCUT2D eigenvalue weighted by Crippen LogP contribution is 2.33. The van der Waals surface area contributed by atoms with Crippen LogP contribution in [0.5, 0.6) is 5.75 Å². The van der Waals surface area contributed by atoms with Gasteiger partial charge in [-0.3, -0.25) is 0 Å². The van der Waals surface area contributed by atoms with Crippen molar-refractivity contribution < 1.29 is 4.74 Å². The molecule has 0 radical (unpaired) electrons. The number of hydrogen-bond donors (Lipinski definition) is 1. The van der Waals surface area contributed by atoms with E-state index in [0.29, 0.717) is 6.61 Å². The number of rotatable bonds is 6. The zero-order chi connectivity index (χ0) is 11.4. The molecule has 1 aliphatic carbocycles. The molecule has 0 atom stereocenters. The Balaban J connectivity index is 1.95. The zero-order valence-electron chi connectivity index (χ0n) is 10.0. The van der Waals surface area contributed by atoms with Crippen LogP contribution in [-0.4, -0.2) is 12.1 Å². The van der Waals surface area contributed by atoms with Gasteiger partial charge < -0.3 is 10.5 Å². The van der Waals surface area contributed by atoms with E-state index in [0.717, 1.165) is 25.0 Å². The lowest BCUT2D eigenvalue weighted by Gasteiger charge is -2.14. The number of hydrogen-bond acceptors (Lipinski definition) is 2. The summed E-state index contributed by atoms with van der Waals surface area (Å²) < 4.78 is 5.84. The maximum absolute atomic E-state index is 6.02. The van der Waals surface area contributed by atoms with Gasteiger partial charge in [0.1, 0.15) is 12.4 Å². The van der Waals surface area contributed by atoms with Crippen LogP contribution in [0.2, 0.25) is 0 Å². The first-order valence-electron chi connectivity index (χ1n) is 6.23. The summed E-state index contributed by atoms with van der Waals surface area (Å²) in [5.74, 6) is 1.02. The van der Waals surface area contributed by atoms with Crippen molar-refractivity contribution in [3.05, 3.63) is 29.8 Å². The van der Waals surface area contributed by atoms with Gasteiger partial charge in [-0.1, -0.05) is 31.5 Å². The Morgan fingerprint density at radius 3 is 2.75 bits per heavy atom.